The molecule has 0 fully saturated rings. The van der Waals surface area contributed by atoms with Crippen LogP contribution in [-0.4, -0.2) is 59.5 Å². The van der Waals surface area contributed by atoms with Gasteiger partial charge in [-0.2, -0.15) is 0 Å². The number of carbonyl (C=O) groups excluding carboxylic acids is 3. The van der Waals surface area contributed by atoms with E-state index in [1.165, 1.54) is 0 Å². The van der Waals surface area contributed by atoms with Crippen molar-refractivity contribution in [2.24, 2.45) is 0 Å². The fourth-order valence-corrected chi connectivity index (χ4v) is 1.57. The highest BCUT2D eigenvalue weighted by atomic mass is 16.6. The molecule has 150 valence electrons. The van der Waals surface area contributed by atoms with Crippen LogP contribution in [0.25, 0.3) is 0 Å². The zero-order valence-corrected chi connectivity index (χ0v) is 16.1. The number of hydrogen-bond acceptors (Lipinski definition) is 6. The van der Waals surface area contributed by atoms with Crippen LogP contribution in [0.5, 0.6) is 0 Å². The molecule has 4 N–H and O–H groups in total. The topological polar surface area (TPSA) is 143 Å². The first kappa shape index (κ1) is 23.5. The van der Waals surface area contributed by atoms with Crippen LogP contribution in [0.3, 0.4) is 0 Å². The van der Waals surface area contributed by atoms with Gasteiger partial charge in [0.15, 0.2) is 0 Å². The van der Waals surface area contributed by atoms with Crippen LogP contribution in [0.1, 0.15) is 48.0 Å². The lowest BCUT2D eigenvalue weighted by atomic mass is 10.2. The highest BCUT2D eigenvalue weighted by Crippen LogP contribution is 2.07. The standard InChI is InChI=1S/C16H29N3O7/c1-15(2,3)25-13(23)18-9-10(12(22)17-8-7-11(20)21)19-14(24)26-16(4,5)6/h10H,7-9H2,1-6H3,(H,17,22)(H,18,23)(H,19,24)(H,20,21). The fraction of sp³-hybridized carbons (Fsp3) is 0.750. The summed E-state index contributed by atoms with van der Waals surface area (Å²) in [6.45, 7) is 9.65. The van der Waals surface area contributed by atoms with Gasteiger partial charge in [-0.25, -0.2) is 9.59 Å². The zero-order chi connectivity index (χ0) is 20.5. The van der Waals surface area contributed by atoms with Crippen LogP contribution in [-0.2, 0) is 19.1 Å². The second-order valence-corrected chi connectivity index (χ2v) is 7.52. The van der Waals surface area contributed by atoms with E-state index in [0.717, 1.165) is 0 Å². The number of amides is 3. The number of carbonyl (C=O) groups is 4. The molecule has 1 atom stereocenters. The summed E-state index contributed by atoms with van der Waals surface area (Å²) in [5.74, 6) is -1.73. The van der Waals surface area contributed by atoms with E-state index < -0.39 is 41.3 Å². The summed E-state index contributed by atoms with van der Waals surface area (Å²) in [6.07, 6.45) is -1.88. The molecule has 10 heteroatoms. The maximum atomic E-state index is 12.2. The number of alkyl carbamates (subject to hydrolysis) is 2. The van der Waals surface area contributed by atoms with Gasteiger partial charge in [0.1, 0.15) is 17.2 Å². The van der Waals surface area contributed by atoms with E-state index in [1.54, 1.807) is 41.5 Å². The molecule has 0 aromatic heterocycles. The van der Waals surface area contributed by atoms with Crippen molar-refractivity contribution < 1.29 is 33.8 Å². The van der Waals surface area contributed by atoms with Crippen molar-refractivity contribution in [3.63, 3.8) is 0 Å². The molecular weight excluding hydrogens is 346 g/mol. The van der Waals surface area contributed by atoms with Gasteiger partial charge in [-0.15, -0.1) is 0 Å². The maximum Gasteiger partial charge on any atom is 0.408 e. The van der Waals surface area contributed by atoms with E-state index in [0.29, 0.717) is 0 Å². The Labute approximate surface area is 153 Å². The van der Waals surface area contributed by atoms with Gasteiger partial charge < -0.3 is 30.5 Å². The minimum Gasteiger partial charge on any atom is -0.481 e. The molecule has 0 aromatic carbocycles. The van der Waals surface area contributed by atoms with E-state index in [1.807, 2.05) is 0 Å². The van der Waals surface area contributed by atoms with Crippen molar-refractivity contribution in [2.75, 3.05) is 13.1 Å². The molecule has 0 aliphatic carbocycles. The van der Waals surface area contributed by atoms with Gasteiger partial charge in [0.25, 0.3) is 0 Å². The lowest BCUT2D eigenvalue weighted by Gasteiger charge is -2.24. The quantitative estimate of drug-likeness (QED) is 0.519. The van der Waals surface area contributed by atoms with Crippen LogP contribution < -0.4 is 16.0 Å². The van der Waals surface area contributed by atoms with Crippen molar-refractivity contribution in [1.82, 2.24) is 16.0 Å². The summed E-state index contributed by atoms with van der Waals surface area (Å²) in [4.78, 5) is 46.3. The van der Waals surface area contributed by atoms with Crippen LogP contribution in [0, 0.1) is 0 Å². The number of hydrogen-bond donors (Lipinski definition) is 4. The Morgan fingerprint density at radius 1 is 0.885 bits per heavy atom. The summed E-state index contributed by atoms with van der Waals surface area (Å²) in [5, 5.41) is 15.7. The fourth-order valence-electron chi connectivity index (χ4n) is 1.57. The summed E-state index contributed by atoms with van der Waals surface area (Å²) in [5.41, 5.74) is -1.49. The number of nitrogens with one attached hydrogen (secondary N) is 3. The Hall–Kier alpha value is -2.52. The van der Waals surface area contributed by atoms with E-state index in [-0.39, 0.29) is 19.5 Å². The molecule has 0 aliphatic heterocycles. The zero-order valence-electron chi connectivity index (χ0n) is 16.1. The molecule has 10 nitrogen and oxygen atoms in total. The molecule has 0 radical (unpaired) electrons. The number of rotatable bonds is 7. The third-order valence-electron chi connectivity index (χ3n) is 2.49. The van der Waals surface area contributed by atoms with Crippen molar-refractivity contribution in [3.05, 3.63) is 0 Å². The third-order valence-corrected chi connectivity index (χ3v) is 2.49. The Balaban J connectivity index is 4.81. The lowest BCUT2D eigenvalue weighted by molar-refractivity contribution is -0.137. The Kier molecular flexibility index (Phi) is 8.88. The Morgan fingerprint density at radius 3 is 1.85 bits per heavy atom. The molecule has 0 bridgehead atoms. The van der Waals surface area contributed by atoms with E-state index in [4.69, 9.17) is 14.6 Å². The summed E-state index contributed by atoms with van der Waals surface area (Å²) in [6, 6.07) is -1.16. The van der Waals surface area contributed by atoms with Crippen molar-refractivity contribution in [2.45, 2.75) is 65.2 Å². The third kappa shape index (κ3) is 12.8. The number of ether oxygens (including phenoxy) is 2. The predicted molar refractivity (Wildman–Crippen MR) is 92.7 cm³/mol. The van der Waals surface area contributed by atoms with Gasteiger partial charge in [-0.3, -0.25) is 9.59 Å². The van der Waals surface area contributed by atoms with Gasteiger partial charge in [-0.1, -0.05) is 0 Å². The van der Waals surface area contributed by atoms with E-state index >= 15 is 0 Å². The summed E-state index contributed by atoms with van der Waals surface area (Å²) in [7, 11) is 0. The van der Waals surface area contributed by atoms with Gasteiger partial charge in [-0.05, 0) is 41.5 Å². The molecule has 3 amide bonds. The molecule has 0 saturated carbocycles. The average Bonchev–Trinajstić information content (AvgIpc) is 2.38. The van der Waals surface area contributed by atoms with Gasteiger partial charge in [0.05, 0.1) is 13.0 Å². The first-order chi connectivity index (χ1) is 11.7. The highest BCUT2D eigenvalue weighted by molar-refractivity contribution is 5.86. The molecule has 0 heterocycles. The SMILES string of the molecule is CC(C)(C)OC(=O)NCC(NC(=O)OC(C)(C)C)C(=O)NCCC(=O)O. The molecule has 0 aliphatic rings. The largest absolute Gasteiger partial charge is 0.481 e. The van der Waals surface area contributed by atoms with Gasteiger partial charge in [0, 0.05) is 6.54 Å². The number of carboxylic acids is 1. The molecule has 0 aromatic rings. The number of carboxylic acid groups (broad SMARTS) is 1. The van der Waals surface area contributed by atoms with Gasteiger partial charge >= 0.3 is 18.2 Å². The van der Waals surface area contributed by atoms with Gasteiger partial charge in [0.2, 0.25) is 5.91 Å². The average molecular weight is 375 g/mol. The predicted octanol–water partition coefficient (Wildman–Crippen LogP) is 0.995. The first-order valence-electron chi connectivity index (χ1n) is 8.15. The molecule has 1 unspecified atom stereocenters. The van der Waals surface area contributed by atoms with Crippen molar-refractivity contribution in [3.8, 4) is 0 Å². The number of aliphatic carboxylic acids is 1. The van der Waals surface area contributed by atoms with Crippen LogP contribution in [0.2, 0.25) is 0 Å². The van der Waals surface area contributed by atoms with E-state index in [2.05, 4.69) is 16.0 Å². The molecule has 0 spiro atoms. The second kappa shape index (κ2) is 9.83. The molecular formula is C16H29N3O7. The Morgan fingerprint density at radius 2 is 1.38 bits per heavy atom. The molecule has 0 saturated heterocycles. The minimum absolute atomic E-state index is 0.118. The maximum absolute atomic E-state index is 12.2. The summed E-state index contributed by atoms with van der Waals surface area (Å²) >= 11 is 0. The minimum atomic E-state index is -1.16. The molecule has 0 rings (SSSR count). The summed E-state index contributed by atoms with van der Waals surface area (Å²) < 4.78 is 10.1. The highest BCUT2D eigenvalue weighted by Gasteiger charge is 2.26. The van der Waals surface area contributed by atoms with Crippen molar-refractivity contribution >= 4 is 24.1 Å². The first-order valence-corrected chi connectivity index (χ1v) is 8.15. The normalized spacial score (nSPS) is 12.5. The monoisotopic (exact) mass is 375 g/mol. The van der Waals surface area contributed by atoms with Crippen LogP contribution in [0.4, 0.5) is 9.59 Å². The lowest BCUT2D eigenvalue weighted by Crippen LogP contribution is -2.54. The second-order valence-electron chi connectivity index (χ2n) is 7.52. The van der Waals surface area contributed by atoms with E-state index in [9.17, 15) is 19.2 Å². The van der Waals surface area contributed by atoms with Crippen molar-refractivity contribution in [1.29, 1.82) is 0 Å². The smallest absolute Gasteiger partial charge is 0.408 e. The molecule has 26 heavy (non-hydrogen) atoms. The van der Waals surface area contributed by atoms with Crippen LogP contribution in [0.15, 0.2) is 0 Å². The Bertz CT molecular complexity index is 521. The van der Waals surface area contributed by atoms with Crippen LogP contribution >= 0.6 is 0 Å².